The van der Waals surface area contributed by atoms with Gasteiger partial charge in [0.05, 0.1) is 5.57 Å². The predicted octanol–water partition coefficient (Wildman–Crippen LogP) is 6.25. The fourth-order valence-corrected chi connectivity index (χ4v) is 3.63. The van der Waals surface area contributed by atoms with E-state index in [1.165, 1.54) is 18.6 Å². The van der Waals surface area contributed by atoms with E-state index in [0.29, 0.717) is 24.4 Å². The van der Waals surface area contributed by atoms with Gasteiger partial charge in [-0.25, -0.2) is 4.39 Å². The van der Waals surface area contributed by atoms with E-state index in [4.69, 9.17) is 0 Å². The van der Waals surface area contributed by atoms with E-state index < -0.39 is 0 Å². The summed E-state index contributed by atoms with van der Waals surface area (Å²) in [6.07, 6.45) is 5.30. The van der Waals surface area contributed by atoms with Crippen molar-refractivity contribution in [1.29, 1.82) is 0 Å². The zero-order valence-electron chi connectivity index (χ0n) is 16.9. The van der Waals surface area contributed by atoms with Crippen molar-refractivity contribution >= 4 is 5.91 Å². The van der Waals surface area contributed by atoms with Crippen LogP contribution in [0.15, 0.2) is 35.6 Å². The number of halogens is 1. The van der Waals surface area contributed by atoms with Gasteiger partial charge in [-0.05, 0) is 37.5 Å². The number of benzene rings is 1. The lowest BCUT2D eigenvalue weighted by atomic mass is 9.78. The number of rotatable bonds is 2. The minimum Gasteiger partial charge on any atom is -0.511 e. The zero-order chi connectivity index (χ0) is 19.7. The normalized spacial score (nSPS) is 18.2. The van der Waals surface area contributed by atoms with Crippen molar-refractivity contribution in [3.63, 3.8) is 0 Å². The topological polar surface area (TPSA) is 40.5 Å². The fraction of sp³-hybridized carbons (Fsp3) is 0.591. The number of hydrogen-bond acceptors (Lipinski definition) is 2. The molecule has 26 heavy (non-hydrogen) atoms. The molecule has 1 aromatic carbocycles. The molecule has 0 atom stereocenters. The van der Waals surface area contributed by atoms with Crippen LogP contribution >= 0.6 is 0 Å². The van der Waals surface area contributed by atoms with E-state index in [2.05, 4.69) is 13.8 Å². The molecule has 1 spiro atoms. The van der Waals surface area contributed by atoms with E-state index in [1.54, 1.807) is 24.0 Å². The largest absolute Gasteiger partial charge is 0.511 e. The predicted molar refractivity (Wildman–Crippen MR) is 107 cm³/mol. The summed E-state index contributed by atoms with van der Waals surface area (Å²) in [6.45, 7) is 11.0. The van der Waals surface area contributed by atoms with Gasteiger partial charge in [-0.15, -0.1) is 0 Å². The van der Waals surface area contributed by atoms with Crippen LogP contribution in [0, 0.1) is 11.2 Å². The van der Waals surface area contributed by atoms with Gasteiger partial charge < -0.3 is 10.0 Å². The average Bonchev–Trinajstić information content (AvgIpc) is 3.12. The molecule has 1 aliphatic heterocycles. The molecule has 0 bridgehead atoms. The first-order valence-corrected chi connectivity index (χ1v) is 9.87. The molecule has 0 aromatic heterocycles. The molecular weight excluding hydrogens is 329 g/mol. The molecule has 1 aromatic rings. The van der Waals surface area contributed by atoms with Crippen LogP contribution in [0.1, 0.15) is 73.7 Å². The summed E-state index contributed by atoms with van der Waals surface area (Å²) in [7, 11) is 0. The van der Waals surface area contributed by atoms with E-state index in [1.807, 2.05) is 13.8 Å². The van der Waals surface area contributed by atoms with Gasteiger partial charge in [-0.1, -0.05) is 59.1 Å². The Morgan fingerprint density at radius 1 is 1.15 bits per heavy atom. The molecule has 3 nitrogen and oxygen atoms in total. The van der Waals surface area contributed by atoms with E-state index in [9.17, 15) is 14.3 Å². The van der Waals surface area contributed by atoms with Crippen LogP contribution in [0.2, 0.25) is 0 Å². The summed E-state index contributed by atoms with van der Waals surface area (Å²) >= 11 is 0. The summed E-state index contributed by atoms with van der Waals surface area (Å²) in [6, 6.07) is 6.24. The first-order chi connectivity index (χ1) is 12.4. The molecule has 0 saturated heterocycles. The van der Waals surface area contributed by atoms with Gasteiger partial charge in [0.15, 0.2) is 0 Å². The minimum atomic E-state index is -0.273. The molecule has 1 heterocycles. The third-order valence-corrected chi connectivity index (χ3v) is 4.81. The first kappa shape index (κ1) is 22.2. The van der Waals surface area contributed by atoms with Crippen molar-refractivity contribution in [1.82, 2.24) is 4.90 Å². The molecule has 1 aliphatic carbocycles. The van der Waals surface area contributed by atoms with Crippen molar-refractivity contribution in [2.45, 2.75) is 73.3 Å². The Kier molecular flexibility index (Phi) is 8.83. The minimum absolute atomic E-state index is 0. The van der Waals surface area contributed by atoms with Gasteiger partial charge in [0, 0.05) is 19.9 Å². The number of aliphatic hydroxyl groups is 1. The van der Waals surface area contributed by atoms with E-state index in [-0.39, 0.29) is 18.6 Å². The number of aliphatic hydroxyl groups excluding tert-OH is 1. The number of amides is 1. The second kappa shape index (κ2) is 10.3. The Hall–Kier alpha value is -1.84. The van der Waals surface area contributed by atoms with Crippen molar-refractivity contribution < 1.29 is 15.7 Å². The zero-order valence-corrected chi connectivity index (χ0v) is 16.9. The lowest BCUT2D eigenvalue weighted by molar-refractivity contribution is -0.131. The molecule has 1 fully saturated rings. The molecule has 3 rings (SSSR count). The standard InChI is InChI=1S/C17H20FNO2.C3H8.C2H6.H2/c1-12-15(20)17(8-2-3-9-17)11-19(16(12)21)10-13-4-6-14(18)7-5-13;1-3-2;1-2;/h4-7,20H,2-3,8-11H2,1H3;3H2,1-2H3;1-2H3;1H. The Morgan fingerprint density at radius 3 is 2.15 bits per heavy atom. The quantitative estimate of drug-likeness (QED) is 0.673. The number of nitrogens with zero attached hydrogens (tertiary/aromatic N) is 1. The molecule has 2 aliphatic rings. The van der Waals surface area contributed by atoms with Crippen molar-refractivity contribution in [3.8, 4) is 0 Å². The van der Waals surface area contributed by atoms with Crippen LogP contribution in [0.25, 0.3) is 0 Å². The summed E-state index contributed by atoms with van der Waals surface area (Å²) in [5, 5.41) is 10.4. The second-order valence-electron chi connectivity index (χ2n) is 6.96. The van der Waals surface area contributed by atoms with Crippen LogP contribution in [-0.2, 0) is 11.3 Å². The second-order valence-corrected chi connectivity index (χ2v) is 6.96. The fourth-order valence-electron chi connectivity index (χ4n) is 3.63. The third kappa shape index (κ3) is 5.09. The Balaban J connectivity index is 0.00000103. The Bertz CT molecular complexity index is 607. The van der Waals surface area contributed by atoms with Crippen LogP contribution in [0.5, 0.6) is 0 Å². The summed E-state index contributed by atoms with van der Waals surface area (Å²) in [5.41, 5.74) is 1.12. The maximum absolute atomic E-state index is 13.0. The van der Waals surface area contributed by atoms with Gasteiger partial charge in [0.1, 0.15) is 11.6 Å². The highest BCUT2D eigenvalue weighted by Crippen LogP contribution is 2.47. The van der Waals surface area contributed by atoms with Crippen molar-refractivity contribution in [3.05, 3.63) is 47.0 Å². The lowest BCUT2D eigenvalue weighted by Gasteiger charge is -2.40. The van der Waals surface area contributed by atoms with Crippen LogP contribution < -0.4 is 0 Å². The number of carbonyl (C=O) groups is 1. The van der Waals surface area contributed by atoms with Gasteiger partial charge in [-0.3, -0.25) is 4.79 Å². The SMILES string of the molecule is CC.CC1=C(O)C2(CCCC2)CN(Cc2ccc(F)cc2)C1=O.CCC.[HH]. The molecular formula is C22H36FNO2. The van der Waals surface area contributed by atoms with Gasteiger partial charge in [-0.2, -0.15) is 0 Å². The third-order valence-electron chi connectivity index (χ3n) is 4.81. The summed E-state index contributed by atoms with van der Waals surface area (Å²) in [4.78, 5) is 14.2. The number of carbonyl (C=O) groups excluding carboxylic acids is 1. The molecule has 4 heteroatoms. The van der Waals surface area contributed by atoms with Crippen LogP contribution in [0.3, 0.4) is 0 Å². The molecule has 1 N–H and O–H groups in total. The molecule has 1 saturated carbocycles. The number of hydrogen-bond donors (Lipinski definition) is 1. The Morgan fingerprint density at radius 2 is 1.65 bits per heavy atom. The highest BCUT2D eigenvalue weighted by atomic mass is 19.1. The van der Waals surface area contributed by atoms with E-state index in [0.717, 1.165) is 31.2 Å². The molecule has 148 valence electrons. The highest BCUT2D eigenvalue weighted by Gasteiger charge is 2.45. The summed E-state index contributed by atoms with van der Waals surface area (Å²) < 4.78 is 13.0. The van der Waals surface area contributed by atoms with E-state index >= 15 is 0 Å². The molecule has 0 unspecified atom stereocenters. The molecule has 1 amide bonds. The van der Waals surface area contributed by atoms with Crippen molar-refractivity contribution in [2.75, 3.05) is 6.54 Å². The maximum Gasteiger partial charge on any atom is 0.253 e. The van der Waals surface area contributed by atoms with Crippen molar-refractivity contribution in [2.24, 2.45) is 5.41 Å². The smallest absolute Gasteiger partial charge is 0.253 e. The first-order valence-electron chi connectivity index (χ1n) is 9.87. The van der Waals surface area contributed by atoms with Gasteiger partial charge in [0.25, 0.3) is 5.91 Å². The summed E-state index contributed by atoms with van der Waals surface area (Å²) in [5.74, 6) is -0.0978. The molecule has 0 radical (unpaired) electrons. The van der Waals surface area contributed by atoms with Gasteiger partial charge >= 0.3 is 0 Å². The van der Waals surface area contributed by atoms with Crippen LogP contribution in [-0.4, -0.2) is 22.5 Å². The van der Waals surface area contributed by atoms with Gasteiger partial charge in [0.2, 0.25) is 0 Å². The monoisotopic (exact) mass is 365 g/mol. The van der Waals surface area contributed by atoms with Crippen LogP contribution in [0.4, 0.5) is 4.39 Å². The Labute approximate surface area is 159 Å². The highest BCUT2D eigenvalue weighted by molar-refractivity contribution is 5.94. The lowest BCUT2D eigenvalue weighted by Crippen LogP contribution is -2.46. The average molecular weight is 366 g/mol. The maximum atomic E-state index is 13.0.